The topological polar surface area (TPSA) is 35.5 Å². The number of ether oxygens (including phenoxy) is 1. The molecular weight excluding hydrogens is 575 g/mol. The fourth-order valence-electron chi connectivity index (χ4n) is 2.34. The van der Waals surface area contributed by atoms with Crippen LogP contribution in [0, 0.1) is 17.3 Å². The van der Waals surface area contributed by atoms with Crippen molar-refractivity contribution in [2.45, 2.75) is 29.0 Å². The monoisotopic (exact) mass is 584 g/mol. The van der Waals surface area contributed by atoms with Gasteiger partial charge in [-0.25, -0.2) is 0 Å². The van der Waals surface area contributed by atoms with Crippen molar-refractivity contribution in [3.63, 3.8) is 0 Å². The van der Waals surface area contributed by atoms with E-state index in [-0.39, 0.29) is 42.7 Å². The molecule has 1 saturated carbocycles. The van der Waals surface area contributed by atoms with E-state index in [9.17, 15) is 4.79 Å². The van der Waals surface area contributed by atoms with Gasteiger partial charge in [0.25, 0.3) is 0 Å². The third-order valence-corrected chi connectivity index (χ3v) is 5.51. The molecule has 0 amide bonds. The molecule has 1 unspecified atom stereocenters. The molecule has 0 radical (unpaired) electrons. The number of hydrogen-bond donors (Lipinski definition) is 0. The van der Waals surface area contributed by atoms with Gasteiger partial charge in [-0.1, -0.05) is 61.6 Å². The van der Waals surface area contributed by atoms with Crippen LogP contribution in [0.15, 0.2) is 0 Å². The van der Waals surface area contributed by atoms with Crippen LogP contribution >= 0.6 is 77.1 Å². The van der Waals surface area contributed by atoms with Crippen molar-refractivity contribution in [2.75, 3.05) is 6.61 Å². The first-order valence-corrected chi connectivity index (χ1v) is 11.0. The quantitative estimate of drug-likeness (QED) is 0.178. The van der Waals surface area contributed by atoms with Crippen LogP contribution in [0.3, 0.4) is 0 Å². The Labute approximate surface area is 168 Å². The molecule has 3 atom stereocenters. The van der Waals surface area contributed by atoms with Crippen LogP contribution in [0.2, 0.25) is 0 Å². The summed E-state index contributed by atoms with van der Waals surface area (Å²) in [7, 11) is 0. The van der Waals surface area contributed by atoms with Gasteiger partial charge in [0, 0.05) is 25.4 Å². The summed E-state index contributed by atoms with van der Waals surface area (Å²) in [4.78, 5) is 12.0. The van der Waals surface area contributed by atoms with Crippen molar-refractivity contribution >= 4 is 83.1 Å². The van der Waals surface area contributed by atoms with Gasteiger partial charge in [0.1, 0.15) is 6.10 Å². The van der Waals surface area contributed by atoms with E-state index in [2.05, 4.69) is 47.8 Å². The van der Waals surface area contributed by atoms with Crippen molar-refractivity contribution in [3.05, 3.63) is 0 Å². The molecule has 1 aliphatic carbocycles. The Hall–Kier alpha value is 2.50. The first-order valence-electron chi connectivity index (χ1n) is 5.55. The molecule has 10 heteroatoms. The van der Waals surface area contributed by atoms with Gasteiger partial charge in [0.15, 0.2) is 2.14 Å². The summed E-state index contributed by atoms with van der Waals surface area (Å²) < 4.78 is 9.98. The average Bonchev–Trinajstić information content (AvgIpc) is 2.76. The van der Waals surface area contributed by atoms with Gasteiger partial charge in [-0.15, -0.1) is 0 Å². The molecule has 0 aliphatic heterocycles. The SMILES string of the molecule is CCOC(=O)[C@H]1[C@H](C(OP(Cl)Cl)C(Br)(Br)Br)C1(C)C.[Zn]. The van der Waals surface area contributed by atoms with E-state index in [0.717, 1.165) is 0 Å². The first-order chi connectivity index (χ1) is 8.53. The van der Waals surface area contributed by atoms with Crippen LogP contribution in [0.5, 0.6) is 0 Å². The van der Waals surface area contributed by atoms with Crippen molar-refractivity contribution < 1.29 is 33.5 Å². The maximum Gasteiger partial charge on any atom is 0.309 e. The predicted octanol–water partition coefficient (Wildman–Crippen LogP) is 5.75. The molecule has 0 saturated heterocycles. The molecule has 1 aliphatic rings. The Balaban J connectivity index is 0.00000361. The molecule has 0 aromatic rings. The van der Waals surface area contributed by atoms with Crippen LogP contribution < -0.4 is 0 Å². The summed E-state index contributed by atoms with van der Waals surface area (Å²) in [6.45, 7) is 4.57. The Morgan fingerprint density at radius 3 is 2.25 bits per heavy atom. The standard InChI is InChI=1S/C10H14Br3Cl2O3P.Zn/c1-4-17-8(16)6-5(9(6,2)3)7(10(11,12)13)18-19(14)15;/h5-7H,4H2,1-3H3;/t5-,6-,7?;/m1./s1. The van der Waals surface area contributed by atoms with Crippen molar-refractivity contribution in [3.8, 4) is 0 Å². The second kappa shape index (κ2) is 8.56. The van der Waals surface area contributed by atoms with E-state index in [1.807, 2.05) is 13.8 Å². The zero-order chi connectivity index (χ0) is 15.0. The molecule has 0 spiro atoms. The van der Waals surface area contributed by atoms with Gasteiger partial charge in [-0.3, -0.25) is 4.79 Å². The van der Waals surface area contributed by atoms with E-state index in [0.29, 0.717) is 6.61 Å². The smallest absolute Gasteiger partial charge is 0.309 e. The summed E-state index contributed by atoms with van der Waals surface area (Å²) in [6.07, 6.45) is -0.405. The molecule has 1 rings (SSSR count). The van der Waals surface area contributed by atoms with Gasteiger partial charge in [0.2, 0.25) is 6.85 Å². The summed E-state index contributed by atoms with van der Waals surface area (Å²) >= 11 is 21.8. The van der Waals surface area contributed by atoms with Gasteiger partial charge in [-0.05, 0) is 34.8 Å². The molecule has 114 valence electrons. The van der Waals surface area contributed by atoms with E-state index in [1.54, 1.807) is 6.92 Å². The van der Waals surface area contributed by atoms with Crippen LogP contribution in [-0.2, 0) is 33.5 Å². The Morgan fingerprint density at radius 2 is 1.90 bits per heavy atom. The third kappa shape index (κ3) is 5.55. The molecule has 0 N–H and O–H groups in total. The molecule has 0 heterocycles. The van der Waals surface area contributed by atoms with Crippen LogP contribution in [0.1, 0.15) is 20.8 Å². The Kier molecular flexibility index (Phi) is 9.63. The number of alkyl halides is 3. The Morgan fingerprint density at radius 1 is 1.40 bits per heavy atom. The zero-order valence-electron chi connectivity index (χ0n) is 11.2. The minimum Gasteiger partial charge on any atom is -0.466 e. The molecule has 0 bridgehead atoms. The minimum absolute atomic E-state index is 0. The molecule has 20 heavy (non-hydrogen) atoms. The normalized spacial score (nSPS) is 25.9. The molecule has 0 aromatic carbocycles. The summed E-state index contributed by atoms with van der Waals surface area (Å²) in [5, 5.41) is 0. The first kappa shape index (κ1) is 22.5. The molecule has 3 nitrogen and oxygen atoms in total. The zero-order valence-corrected chi connectivity index (χ0v) is 21.3. The number of carbonyl (C=O) groups is 1. The fraction of sp³-hybridized carbons (Fsp3) is 0.900. The maximum atomic E-state index is 12.0. The fourth-order valence-corrected chi connectivity index (χ4v) is 4.88. The second-order valence-corrected chi connectivity index (χ2v) is 14.8. The Bertz CT molecular complexity index is 355. The van der Waals surface area contributed by atoms with E-state index < -0.39 is 15.1 Å². The van der Waals surface area contributed by atoms with E-state index in [1.165, 1.54) is 0 Å². The average molecular weight is 589 g/mol. The largest absolute Gasteiger partial charge is 0.466 e. The van der Waals surface area contributed by atoms with Crippen LogP contribution in [0.4, 0.5) is 0 Å². The van der Waals surface area contributed by atoms with Crippen LogP contribution in [-0.4, -0.2) is 20.8 Å². The number of esters is 1. The van der Waals surface area contributed by atoms with Crippen molar-refractivity contribution in [1.82, 2.24) is 0 Å². The maximum absolute atomic E-state index is 12.0. The molecule has 1 fully saturated rings. The summed E-state index contributed by atoms with van der Waals surface area (Å²) in [5.74, 6) is -0.490. The second-order valence-electron chi connectivity index (χ2n) is 4.85. The van der Waals surface area contributed by atoms with Crippen LogP contribution in [0.25, 0.3) is 0 Å². The summed E-state index contributed by atoms with van der Waals surface area (Å²) in [5.41, 5.74) is -0.226. The van der Waals surface area contributed by atoms with Gasteiger partial charge in [-0.2, -0.15) is 0 Å². The van der Waals surface area contributed by atoms with Gasteiger partial charge < -0.3 is 9.26 Å². The third-order valence-electron chi connectivity index (χ3n) is 3.29. The van der Waals surface area contributed by atoms with Crippen molar-refractivity contribution in [1.29, 1.82) is 0 Å². The predicted molar refractivity (Wildman–Crippen MR) is 90.4 cm³/mol. The molecular formula is C10H14Br3Cl2O3PZn. The number of hydrogen-bond acceptors (Lipinski definition) is 3. The van der Waals surface area contributed by atoms with Gasteiger partial charge >= 0.3 is 5.97 Å². The number of carbonyl (C=O) groups excluding carboxylic acids is 1. The number of halogens is 5. The number of rotatable bonds is 5. The molecule has 0 aromatic heterocycles. The minimum atomic E-state index is -1.58. The van der Waals surface area contributed by atoms with Gasteiger partial charge in [0.05, 0.1) is 12.5 Å². The van der Waals surface area contributed by atoms with E-state index in [4.69, 9.17) is 31.7 Å². The summed E-state index contributed by atoms with van der Waals surface area (Å²) in [6, 6.07) is 0. The van der Waals surface area contributed by atoms with Crippen molar-refractivity contribution in [2.24, 2.45) is 17.3 Å². The van der Waals surface area contributed by atoms with E-state index >= 15 is 0 Å².